The second kappa shape index (κ2) is 12.3. The number of aliphatic hydroxyl groups is 1. The van der Waals surface area contributed by atoms with E-state index in [0.29, 0.717) is 18.0 Å². The lowest BCUT2D eigenvalue weighted by molar-refractivity contribution is 0.0498. The first kappa shape index (κ1) is 23.9. The van der Waals surface area contributed by atoms with Gasteiger partial charge >= 0.3 is 0 Å². The van der Waals surface area contributed by atoms with Crippen LogP contribution in [-0.2, 0) is 13.6 Å². The van der Waals surface area contributed by atoms with Gasteiger partial charge in [-0.15, -0.1) is 0 Å². The molecule has 1 atom stereocenters. The SMILES string of the molecule is COc1ccc(CNCCSc2nccn2C)cc1OC[C@H](O)CN1CCN(C)CC1. The van der Waals surface area contributed by atoms with Crippen LogP contribution in [0.15, 0.2) is 35.7 Å². The summed E-state index contributed by atoms with van der Waals surface area (Å²) in [6.07, 6.45) is 3.24. The van der Waals surface area contributed by atoms with Crippen molar-refractivity contribution in [2.45, 2.75) is 17.8 Å². The molecule has 1 aliphatic heterocycles. The highest BCUT2D eigenvalue weighted by Gasteiger charge is 2.18. The number of nitrogens with zero attached hydrogens (tertiary/aromatic N) is 4. The van der Waals surface area contributed by atoms with Crippen molar-refractivity contribution in [2.24, 2.45) is 7.05 Å². The van der Waals surface area contributed by atoms with Crippen LogP contribution in [0.25, 0.3) is 0 Å². The molecular weight excluding hydrogens is 414 g/mol. The molecule has 0 saturated carbocycles. The second-order valence-electron chi connectivity index (χ2n) is 7.90. The molecule has 0 amide bonds. The van der Waals surface area contributed by atoms with Gasteiger partial charge in [0.15, 0.2) is 16.7 Å². The Hall–Kier alpha value is -1.78. The Morgan fingerprint density at radius 1 is 1.19 bits per heavy atom. The Morgan fingerprint density at radius 2 is 2.00 bits per heavy atom. The number of benzene rings is 1. The van der Waals surface area contributed by atoms with E-state index in [1.165, 1.54) is 0 Å². The summed E-state index contributed by atoms with van der Waals surface area (Å²) >= 11 is 1.73. The van der Waals surface area contributed by atoms with Crippen LogP contribution in [0.2, 0.25) is 0 Å². The van der Waals surface area contributed by atoms with Crippen molar-refractivity contribution in [3.05, 3.63) is 36.2 Å². The number of ether oxygens (including phenoxy) is 2. The first-order valence-electron chi connectivity index (χ1n) is 10.7. The minimum atomic E-state index is -0.530. The first-order chi connectivity index (χ1) is 15.0. The number of aryl methyl sites for hydroxylation is 1. The number of aromatic nitrogens is 2. The summed E-state index contributed by atoms with van der Waals surface area (Å²) in [6.45, 7) is 6.54. The van der Waals surface area contributed by atoms with E-state index in [1.807, 2.05) is 42.2 Å². The maximum Gasteiger partial charge on any atom is 0.167 e. The molecule has 1 fully saturated rings. The van der Waals surface area contributed by atoms with E-state index in [-0.39, 0.29) is 6.61 Å². The summed E-state index contributed by atoms with van der Waals surface area (Å²) in [6, 6.07) is 5.94. The second-order valence-corrected chi connectivity index (χ2v) is 8.96. The molecule has 0 aliphatic carbocycles. The average molecular weight is 450 g/mol. The number of β-amino-alcohol motifs (C(OH)–C–C–N with tert-alkyl or cyclic N) is 1. The summed E-state index contributed by atoms with van der Waals surface area (Å²) in [7, 11) is 5.77. The molecule has 1 saturated heterocycles. The predicted molar refractivity (Wildman–Crippen MR) is 124 cm³/mol. The van der Waals surface area contributed by atoms with Gasteiger partial charge in [0, 0.05) is 71.0 Å². The minimum absolute atomic E-state index is 0.250. The number of likely N-dealkylation sites (N-methyl/N-ethyl adjacent to an activating group) is 1. The number of hydrogen-bond donors (Lipinski definition) is 2. The Labute approximate surface area is 189 Å². The van der Waals surface area contributed by atoms with Crippen molar-refractivity contribution in [1.82, 2.24) is 24.7 Å². The maximum absolute atomic E-state index is 10.4. The third-order valence-electron chi connectivity index (χ3n) is 5.34. The van der Waals surface area contributed by atoms with E-state index in [2.05, 4.69) is 27.1 Å². The molecule has 2 aromatic rings. The Kier molecular flexibility index (Phi) is 9.48. The molecule has 0 bridgehead atoms. The van der Waals surface area contributed by atoms with Crippen molar-refractivity contribution in [1.29, 1.82) is 0 Å². The fourth-order valence-corrected chi connectivity index (χ4v) is 4.28. The molecule has 0 spiro atoms. The largest absolute Gasteiger partial charge is 0.493 e. The van der Waals surface area contributed by atoms with Crippen molar-refractivity contribution < 1.29 is 14.6 Å². The van der Waals surface area contributed by atoms with E-state index < -0.39 is 6.10 Å². The zero-order chi connectivity index (χ0) is 22.1. The van der Waals surface area contributed by atoms with Crippen LogP contribution in [0.3, 0.4) is 0 Å². The predicted octanol–water partition coefficient (Wildman–Crippen LogP) is 1.30. The zero-order valence-electron chi connectivity index (χ0n) is 18.8. The smallest absolute Gasteiger partial charge is 0.167 e. The van der Waals surface area contributed by atoms with Gasteiger partial charge in [-0.1, -0.05) is 17.8 Å². The highest BCUT2D eigenvalue weighted by molar-refractivity contribution is 7.99. The molecule has 1 aromatic carbocycles. The van der Waals surface area contributed by atoms with E-state index >= 15 is 0 Å². The first-order valence-corrected chi connectivity index (χ1v) is 11.7. The van der Waals surface area contributed by atoms with Gasteiger partial charge in [-0.05, 0) is 24.7 Å². The van der Waals surface area contributed by atoms with Gasteiger partial charge < -0.3 is 29.4 Å². The van der Waals surface area contributed by atoms with Crippen molar-refractivity contribution in [3.63, 3.8) is 0 Å². The number of methoxy groups -OCH3 is 1. The molecular formula is C22H35N5O3S. The monoisotopic (exact) mass is 449 g/mol. The molecule has 172 valence electrons. The maximum atomic E-state index is 10.4. The quantitative estimate of drug-likeness (QED) is 0.371. The van der Waals surface area contributed by atoms with Gasteiger partial charge in [-0.3, -0.25) is 4.90 Å². The van der Waals surface area contributed by atoms with Gasteiger partial charge in [0.2, 0.25) is 0 Å². The van der Waals surface area contributed by atoms with E-state index in [4.69, 9.17) is 9.47 Å². The van der Waals surface area contributed by atoms with Crippen LogP contribution >= 0.6 is 11.8 Å². The Bertz CT molecular complexity index is 795. The molecule has 1 aromatic heterocycles. The van der Waals surface area contributed by atoms with Gasteiger partial charge in [-0.25, -0.2) is 4.98 Å². The lowest BCUT2D eigenvalue weighted by Crippen LogP contribution is -2.47. The standard InChI is InChI=1S/C22H35N5O3S/c1-25-9-11-27(12-10-25)16-19(28)17-30-21-14-18(4-5-20(21)29-3)15-23-7-13-31-22-24-6-8-26(22)2/h4-6,8,14,19,23,28H,7,9-13,15-17H2,1-3H3/t19-/m1/s1. The third kappa shape index (κ3) is 7.69. The molecule has 0 radical (unpaired) electrons. The molecule has 2 heterocycles. The molecule has 0 unspecified atom stereocenters. The number of nitrogens with one attached hydrogen (secondary N) is 1. The molecule has 2 N–H and O–H groups in total. The average Bonchev–Trinajstić information content (AvgIpc) is 3.18. The molecule has 1 aliphatic rings. The molecule has 3 rings (SSSR count). The van der Waals surface area contributed by atoms with Gasteiger partial charge in [0.05, 0.1) is 7.11 Å². The van der Waals surface area contributed by atoms with Crippen LogP contribution in [0.5, 0.6) is 11.5 Å². The van der Waals surface area contributed by atoms with Gasteiger partial charge in [-0.2, -0.15) is 0 Å². The van der Waals surface area contributed by atoms with Crippen LogP contribution in [0.4, 0.5) is 0 Å². The van der Waals surface area contributed by atoms with E-state index in [1.54, 1.807) is 18.9 Å². The summed E-state index contributed by atoms with van der Waals surface area (Å²) in [5.74, 6) is 2.30. The van der Waals surface area contributed by atoms with E-state index in [9.17, 15) is 5.11 Å². The Balaban J connectivity index is 1.42. The molecule has 9 heteroatoms. The lowest BCUT2D eigenvalue weighted by atomic mass is 10.2. The van der Waals surface area contributed by atoms with Gasteiger partial charge in [0.1, 0.15) is 12.7 Å². The fourth-order valence-electron chi connectivity index (χ4n) is 3.45. The third-order valence-corrected chi connectivity index (χ3v) is 6.40. The molecule has 8 nitrogen and oxygen atoms in total. The number of hydrogen-bond acceptors (Lipinski definition) is 8. The normalized spacial score (nSPS) is 16.4. The topological polar surface area (TPSA) is 75.0 Å². The highest BCUT2D eigenvalue weighted by atomic mass is 32.2. The van der Waals surface area contributed by atoms with Crippen molar-refractivity contribution in [3.8, 4) is 11.5 Å². The van der Waals surface area contributed by atoms with Crippen LogP contribution < -0.4 is 14.8 Å². The Morgan fingerprint density at radius 3 is 2.71 bits per heavy atom. The zero-order valence-corrected chi connectivity index (χ0v) is 19.6. The van der Waals surface area contributed by atoms with Crippen LogP contribution in [0, 0.1) is 0 Å². The van der Waals surface area contributed by atoms with Gasteiger partial charge in [0.25, 0.3) is 0 Å². The summed E-state index contributed by atoms with van der Waals surface area (Å²) < 4.78 is 13.4. The van der Waals surface area contributed by atoms with Crippen molar-refractivity contribution >= 4 is 11.8 Å². The number of thioether (sulfide) groups is 1. The highest BCUT2D eigenvalue weighted by Crippen LogP contribution is 2.28. The number of aliphatic hydroxyl groups excluding tert-OH is 1. The summed E-state index contributed by atoms with van der Waals surface area (Å²) in [5.41, 5.74) is 1.12. The number of imidazole rings is 1. The number of rotatable bonds is 12. The molecule has 31 heavy (non-hydrogen) atoms. The number of piperazine rings is 1. The van der Waals surface area contributed by atoms with E-state index in [0.717, 1.165) is 55.7 Å². The van der Waals surface area contributed by atoms with Crippen molar-refractivity contribution in [2.75, 3.05) is 65.8 Å². The summed E-state index contributed by atoms with van der Waals surface area (Å²) in [5, 5.41) is 14.9. The lowest BCUT2D eigenvalue weighted by Gasteiger charge is -2.33. The van der Waals surface area contributed by atoms with Crippen LogP contribution in [0.1, 0.15) is 5.56 Å². The fraction of sp³-hybridized carbons (Fsp3) is 0.591. The minimum Gasteiger partial charge on any atom is -0.493 e. The summed E-state index contributed by atoms with van der Waals surface area (Å²) in [4.78, 5) is 8.91. The van der Waals surface area contributed by atoms with Crippen LogP contribution in [-0.4, -0.2) is 96.3 Å².